The number of nitrogens with one attached hydrogen (secondary N) is 3. The molecule has 3 amide bonds. The summed E-state index contributed by atoms with van der Waals surface area (Å²) in [6, 6.07) is 14.4. The number of ketones is 1. The Hall–Kier alpha value is -4.87. The first-order valence-corrected chi connectivity index (χ1v) is 14.6. The molecule has 0 aliphatic carbocycles. The molecule has 0 bridgehead atoms. The van der Waals surface area contributed by atoms with Gasteiger partial charge >= 0.3 is 12.2 Å². The van der Waals surface area contributed by atoms with E-state index in [-0.39, 0.29) is 24.2 Å². The third-order valence-electron chi connectivity index (χ3n) is 7.01. The maximum atomic E-state index is 13.4. The molecule has 0 spiro atoms. The van der Waals surface area contributed by atoms with E-state index in [2.05, 4.69) is 20.6 Å². The summed E-state index contributed by atoms with van der Waals surface area (Å²) in [5.74, 6) is -0.0349. The highest BCUT2D eigenvalue weighted by molar-refractivity contribution is 5.99. The topological polar surface area (TPSA) is 146 Å². The first-order chi connectivity index (χ1) is 20.9. The summed E-state index contributed by atoms with van der Waals surface area (Å²) in [6.45, 7) is 9.99. The average molecular weight is 605 g/mol. The first-order valence-electron chi connectivity index (χ1n) is 14.6. The fourth-order valence-corrected chi connectivity index (χ4v) is 4.77. The number of hydrazine groups is 1. The van der Waals surface area contributed by atoms with Crippen molar-refractivity contribution in [1.82, 2.24) is 25.6 Å². The van der Waals surface area contributed by atoms with Gasteiger partial charge in [-0.2, -0.15) is 0 Å². The number of aromatic amines is 1. The van der Waals surface area contributed by atoms with E-state index in [1.807, 2.05) is 50.2 Å². The molecule has 234 valence electrons. The predicted molar refractivity (Wildman–Crippen MR) is 166 cm³/mol. The second-order valence-corrected chi connectivity index (χ2v) is 11.8. The van der Waals surface area contributed by atoms with Crippen molar-refractivity contribution < 1.29 is 28.7 Å². The highest BCUT2D eigenvalue weighted by atomic mass is 16.6. The van der Waals surface area contributed by atoms with Gasteiger partial charge in [0.05, 0.1) is 25.5 Å². The number of benzene rings is 2. The summed E-state index contributed by atoms with van der Waals surface area (Å²) < 4.78 is 9.88. The van der Waals surface area contributed by atoms with Crippen LogP contribution in [0.1, 0.15) is 51.4 Å². The molecule has 0 radical (unpaired) electrons. The lowest BCUT2D eigenvalue weighted by Gasteiger charge is -2.32. The van der Waals surface area contributed by atoms with E-state index in [4.69, 9.17) is 9.47 Å². The molecular formula is C32H40N6O6. The number of methoxy groups -OCH3 is 1. The van der Waals surface area contributed by atoms with Gasteiger partial charge in [0, 0.05) is 18.7 Å². The minimum atomic E-state index is -0.730. The van der Waals surface area contributed by atoms with Crippen molar-refractivity contribution in [2.45, 2.75) is 52.7 Å². The molecule has 4 rings (SSSR count). The van der Waals surface area contributed by atoms with E-state index in [1.54, 1.807) is 49.1 Å². The number of nitrogens with zero attached hydrogens (tertiary/aromatic N) is 3. The van der Waals surface area contributed by atoms with Crippen LogP contribution in [0.2, 0.25) is 0 Å². The van der Waals surface area contributed by atoms with E-state index in [0.717, 1.165) is 28.8 Å². The summed E-state index contributed by atoms with van der Waals surface area (Å²) in [5, 5.41) is 8.56. The van der Waals surface area contributed by atoms with Crippen LogP contribution in [0.4, 0.5) is 15.5 Å². The van der Waals surface area contributed by atoms with Crippen molar-refractivity contribution in [2.24, 2.45) is 5.92 Å². The Bertz CT molecular complexity index is 1480. The molecule has 0 unspecified atom stereocenters. The van der Waals surface area contributed by atoms with Gasteiger partial charge in [-0.15, -0.1) is 0 Å². The van der Waals surface area contributed by atoms with Crippen molar-refractivity contribution in [1.29, 1.82) is 0 Å². The normalized spacial score (nSPS) is 13.9. The van der Waals surface area contributed by atoms with Crippen LogP contribution in [0, 0.1) is 5.92 Å². The first kappa shape index (κ1) is 32.1. The van der Waals surface area contributed by atoms with Gasteiger partial charge in [0.2, 0.25) is 5.95 Å². The van der Waals surface area contributed by atoms with Crippen LogP contribution in [-0.2, 0) is 14.3 Å². The van der Waals surface area contributed by atoms with Gasteiger partial charge in [-0.05, 0) is 49.8 Å². The molecule has 1 aliphatic heterocycles. The lowest BCUT2D eigenvalue weighted by atomic mass is 10.0. The SMILES string of the molecule is COC(=O)N[C@H](C(=O)N1CCCN1c1ncc(-c2ccc(-c3ccc(C(=O)CNC(=O)OC(C)(C)C)cc3)cc2)[nH]1)C(C)C. The molecule has 1 saturated heterocycles. The van der Waals surface area contributed by atoms with E-state index >= 15 is 0 Å². The number of anilines is 1. The third-order valence-corrected chi connectivity index (χ3v) is 7.01. The molecule has 2 aromatic carbocycles. The van der Waals surface area contributed by atoms with Crippen LogP contribution in [-0.4, -0.2) is 77.2 Å². The fraction of sp³-hybridized carbons (Fsp3) is 0.406. The Labute approximate surface area is 257 Å². The number of imidazole rings is 1. The van der Waals surface area contributed by atoms with E-state index in [9.17, 15) is 19.2 Å². The summed E-state index contributed by atoms with van der Waals surface area (Å²) in [7, 11) is 1.27. The van der Waals surface area contributed by atoms with Gasteiger partial charge in [0.15, 0.2) is 5.78 Å². The van der Waals surface area contributed by atoms with Crippen LogP contribution >= 0.6 is 0 Å². The molecule has 2 heterocycles. The zero-order chi connectivity index (χ0) is 32.0. The number of ether oxygens (including phenoxy) is 2. The monoisotopic (exact) mass is 604 g/mol. The molecule has 1 aromatic heterocycles. The van der Waals surface area contributed by atoms with Crippen molar-refractivity contribution in [3.05, 3.63) is 60.3 Å². The highest BCUT2D eigenvalue weighted by Gasteiger charge is 2.35. The number of amides is 3. The van der Waals surface area contributed by atoms with Gasteiger partial charge in [-0.25, -0.2) is 19.6 Å². The lowest BCUT2D eigenvalue weighted by molar-refractivity contribution is -0.134. The van der Waals surface area contributed by atoms with Gasteiger partial charge < -0.3 is 25.1 Å². The molecule has 12 heteroatoms. The summed E-state index contributed by atoms with van der Waals surface area (Å²) in [4.78, 5) is 57.4. The minimum Gasteiger partial charge on any atom is -0.453 e. The zero-order valence-electron chi connectivity index (χ0n) is 26.0. The molecule has 1 fully saturated rings. The van der Waals surface area contributed by atoms with Gasteiger partial charge in [0.1, 0.15) is 11.6 Å². The summed E-state index contributed by atoms with van der Waals surface area (Å²) >= 11 is 0. The number of alkyl carbamates (subject to hydrolysis) is 2. The van der Waals surface area contributed by atoms with Crippen molar-refractivity contribution >= 4 is 29.8 Å². The van der Waals surface area contributed by atoms with Crippen LogP contribution in [0.5, 0.6) is 0 Å². The molecule has 1 aliphatic rings. The number of H-pyrrole nitrogens is 1. The fourth-order valence-electron chi connectivity index (χ4n) is 4.77. The maximum absolute atomic E-state index is 13.4. The Balaban J connectivity index is 1.40. The second-order valence-electron chi connectivity index (χ2n) is 11.8. The number of carbonyl (C=O) groups excluding carboxylic acids is 4. The number of Topliss-reactive ketones (excluding diaryl/α,β-unsaturated/α-hetero) is 1. The Kier molecular flexibility index (Phi) is 9.92. The molecule has 3 N–H and O–H groups in total. The summed E-state index contributed by atoms with van der Waals surface area (Å²) in [5.41, 5.74) is 3.46. The van der Waals surface area contributed by atoms with E-state index in [0.29, 0.717) is 24.6 Å². The largest absolute Gasteiger partial charge is 0.453 e. The number of carbonyl (C=O) groups is 4. The number of rotatable bonds is 9. The van der Waals surface area contributed by atoms with Gasteiger partial charge in [0.25, 0.3) is 5.91 Å². The van der Waals surface area contributed by atoms with Gasteiger partial charge in [-0.3, -0.25) is 14.6 Å². The van der Waals surface area contributed by atoms with Crippen molar-refractivity contribution in [3.63, 3.8) is 0 Å². The third kappa shape index (κ3) is 7.94. The smallest absolute Gasteiger partial charge is 0.408 e. The summed E-state index contributed by atoms with van der Waals surface area (Å²) in [6.07, 6.45) is 1.21. The number of hydrogen-bond acceptors (Lipinski definition) is 8. The van der Waals surface area contributed by atoms with E-state index < -0.39 is 23.8 Å². The zero-order valence-corrected chi connectivity index (χ0v) is 26.0. The number of hydrogen-bond donors (Lipinski definition) is 3. The molecule has 0 saturated carbocycles. The lowest BCUT2D eigenvalue weighted by Crippen LogP contribution is -2.54. The average Bonchev–Trinajstić information content (AvgIpc) is 3.68. The van der Waals surface area contributed by atoms with Crippen LogP contribution < -0.4 is 15.6 Å². The molecule has 12 nitrogen and oxygen atoms in total. The standard InChI is InChI=1S/C32H40N6O6/c1-20(2)27(36-31(42)43-6)28(40)37-16-7-17-38(37)29-33-18-25(35-29)23-12-8-21(9-13-23)22-10-14-24(15-11-22)26(39)19-34-30(41)44-32(3,4)5/h8-15,18,20,27H,7,16-17,19H2,1-6H3,(H,33,35)(H,34,41)(H,36,42)/t27-/m0/s1. The van der Waals surface area contributed by atoms with E-state index in [1.165, 1.54) is 7.11 Å². The van der Waals surface area contributed by atoms with Crippen LogP contribution in [0.3, 0.4) is 0 Å². The van der Waals surface area contributed by atoms with Crippen molar-refractivity contribution in [3.8, 4) is 22.4 Å². The molecule has 1 atom stereocenters. The highest BCUT2D eigenvalue weighted by Crippen LogP contribution is 2.27. The quantitative estimate of drug-likeness (QED) is 0.296. The van der Waals surface area contributed by atoms with Crippen LogP contribution in [0.15, 0.2) is 54.7 Å². The Morgan fingerprint density at radius 2 is 1.55 bits per heavy atom. The maximum Gasteiger partial charge on any atom is 0.408 e. The van der Waals surface area contributed by atoms with Crippen molar-refractivity contribution in [2.75, 3.05) is 31.8 Å². The molecule has 44 heavy (non-hydrogen) atoms. The number of aromatic nitrogens is 2. The van der Waals surface area contributed by atoms with Gasteiger partial charge in [-0.1, -0.05) is 62.4 Å². The molecule has 3 aromatic rings. The minimum absolute atomic E-state index is 0.132. The van der Waals surface area contributed by atoms with Crippen LogP contribution in [0.25, 0.3) is 22.4 Å². The Morgan fingerprint density at radius 3 is 2.14 bits per heavy atom. The second kappa shape index (κ2) is 13.6. The Morgan fingerprint density at radius 1 is 0.932 bits per heavy atom. The predicted octanol–water partition coefficient (Wildman–Crippen LogP) is 4.79. The molecular weight excluding hydrogens is 564 g/mol.